The van der Waals surface area contributed by atoms with Gasteiger partial charge in [-0.25, -0.2) is 0 Å². The Labute approximate surface area is 173 Å². The van der Waals surface area contributed by atoms with E-state index >= 15 is 0 Å². The molecule has 2 atom stereocenters. The topological polar surface area (TPSA) is 64.6 Å². The van der Waals surface area contributed by atoms with Gasteiger partial charge in [-0.1, -0.05) is 51.3 Å². The van der Waals surface area contributed by atoms with Gasteiger partial charge in [0.15, 0.2) is 0 Å². The third-order valence-electron chi connectivity index (χ3n) is 1.36. The SMILES string of the molecule is CC(C)OP([O-])(=S)SC(C)C.CC(C)OP([O-])(=S)SC(C)C.[Zn+2]. The van der Waals surface area contributed by atoms with E-state index in [1.165, 1.54) is 22.8 Å². The fourth-order valence-corrected chi connectivity index (χ4v) is 11.8. The molecule has 0 saturated carbocycles. The van der Waals surface area contributed by atoms with Gasteiger partial charge in [0, 0.05) is 21.9 Å². The summed E-state index contributed by atoms with van der Waals surface area (Å²) in [6.45, 7) is 15.1. The van der Waals surface area contributed by atoms with Crippen molar-refractivity contribution in [1.29, 1.82) is 0 Å². The Bertz CT molecular complexity index is 331. The van der Waals surface area contributed by atoms with E-state index in [4.69, 9.17) is 32.7 Å². The second kappa shape index (κ2) is 14.5. The number of rotatable bonds is 8. The van der Waals surface area contributed by atoms with Crippen LogP contribution in [0, 0.1) is 0 Å². The molecular weight excluding hydrogens is 464 g/mol. The Hall–Kier alpha value is 2.46. The second-order valence-corrected chi connectivity index (χ2v) is 18.4. The number of hydrogen-bond donors (Lipinski definition) is 0. The van der Waals surface area contributed by atoms with E-state index < -0.39 is 11.4 Å². The Morgan fingerprint density at radius 1 is 0.696 bits per heavy atom. The summed E-state index contributed by atoms with van der Waals surface area (Å²) in [5.41, 5.74) is -5.61. The molecule has 23 heavy (non-hydrogen) atoms. The summed E-state index contributed by atoms with van der Waals surface area (Å²) in [6, 6.07) is 0. The third-order valence-corrected chi connectivity index (χ3v) is 10.7. The van der Waals surface area contributed by atoms with Crippen molar-refractivity contribution in [3.05, 3.63) is 0 Å². The van der Waals surface area contributed by atoms with Crippen LogP contribution in [-0.2, 0) is 52.1 Å². The molecular formula is C12H28O4P2S4Zn. The Morgan fingerprint density at radius 2 is 0.913 bits per heavy atom. The van der Waals surface area contributed by atoms with Crippen LogP contribution in [0.2, 0.25) is 0 Å². The quantitative estimate of drug-likeness (QED) is 0.368. The summed E-state index contributed by atoms with van der Waals surface area (Å²) >= 11 is 12.1. The first-order valence-corrected chi connectivity index (χ1v) is 15.3. The molecule has 0 aliphatic carbocycles. The average molecular weight is 492 g/mol. The van der Waals surface area contributed by atoms with Crippen molar-refractivity contribution in [3.8, 4) is 0 Å². The van der Waals surface area contributed by atoms with E-state index in [-0.39, 0.29) is 42.2 Å². The maximum Gasteiger partial charge on any atom is 2.00 e. The molecule has 0 aliphatic heterocycles. The molecule has 0 bridgehead atoms. The van der Waals surface area contributed by atoms with Gasteiger partial charge in [-0.05, 0) is 27.7 Å². The minimum atomic E-state index is -2.80. The fourth-order valence-electron chi connectivity index (χ4n) is 1.08. The van der Waals surface area contributed by atoms with E-state index in [0.717, 1.165) is 0 Å². The first kappa shape index (κ1) is 30.2. The monoisotopic (exact) mass is 490 g/mol. The number of hydrogen-bond acceptors (Lipinski definition) is 8. The van der Waals surface area contributed by atoms with Gasteiger partial charge in [-0.2, -0.15) is 0 Å². The van der Waals surface area contributed by atoms with Gasteiger partial charge in [0.05, 0.1) is 12.2 Å². The van der Waals surface area contributed by atoms with Crippen molar-refractivity contribution in [2.24, 2.45) is 0 Å². The van der Waals surface area contributed by atoms with Crippen molar-refractivity contribution >= 4 is 57.8 Å². The molecule has 0 amide bonds. The molecule has 0 radical (unpaired) electrons. The van der Waals surface area contributed by atoms with Crippen LogP contribution >= 0.6 is 34.2 Å². The van der Waals surface area contributed by atoms with Crippen LogP contribution in [0.3, 0.4) is 0 Å². The molecule has 0 fully saturated rings. The first-order chi connectivity index (χ1) is 9.67. The molecule has 0 saturated heterocycles. The molecule has 0 aromatic rings. The van der Waals surface area contributed by atoms with Gasteiger partial charge in [-0.15, -0.1) is 22.8 Å². The molecule has 2 unspecified atom stereocenters. The third kappa shape index (κ3) is 24.5. The molecule has 0 N–H and O–H groups in total. The van der Waals surface area contributed by atoms with Gasteiger partial charge >= 0.3 is 19.5 Å². The zero-order valence-electron chi connectivity index (χ0n) is 15.2. The van der Waals surface area contributed by atoms with Crippen LogP contribution in [0.15, 0.2) is 0 Å². The Morgan fingerprint density at radius 3 is 1.04 bits per heavy atom. The minimum absolute atomic E-state index is 0. The second-order valence-electron chi connectivity index (χ2n) is 5.51. The molecule has 0 aromatic heterocycles. The summed E-state index contributed by atoms with van der Waals surface area (Å²) in [6.07, 6.45) is -0.103. The Kier molecular flexibility index (Phi) is 19.1. The summed E-state index contributed by atoms with van der Waals surface area (Å²) in [5.74, 6) is 0. The van der Waals surface area contributed by atoms with Crippen LogP contribution in [0.4, 0.5) is 0 Å². The smallest absolute Gasteiger partial charge is 0.793 e. The molecule has 0 aromatic carbocycles. The molecule has 0 heterocycles. The van der Waals surface area contributed by atoms with Gasteiger partial charge in [-0.3, -0.25) is 0 Å². The minimum Gasteiger partial charge on any atom is -0.793 e. The van der Waals surface area contributed by atoms with E-state index in [9.17, 15) is 9.79 Å². The van der Waals surface area contributed by atoms with Crippen molar-refractivity contribution in [2.45, 2.75) is 78.1 Å². The van der Waals surface area contributed by atoms with Crippen LogP contribution < -0.4 is 9.79 Å². The molecule has 0 rings (SSSR count). The van der Waals surface area contributed by atoms with Crippen molar-refractivity contribution in [3.63, 3.8) is 0 Å². The van der Waals surface area contributed by atoms with E-state index in [0.29, 0.717) is 0 Å². The summed E-state index contributed by atoms with van der Waals surface area (Å²) in [7, 11) is 0. The van der Waals surface area contributed by atoms with Gasteiger partial charge in [0.1, 0.15) is 0 Å². The zero-order valence-corrected chi connectivity index (χ0v) is 23.2. The van der Waals surface area contributed by atoms with Gasteiger partial charge in [0.2, 0.25) is 0 Å². The zero-order chi connectivity index (χ0) is 18.1. The maximum absolute atomic E-state index is 11.4. The van der Waals surface area contributed by atoms with E-state index in [1.807, 2.05) is 55.4 Å². The standard InChI is InChI=1S/2C6H15O2PS2.Zn/c2*1-5(2)8-9(7,10)11-6(3)4;/h2*5-6H,1-4H3,(H,7,10);/q;;+2/p-2. The predicted molar refractivity (Wildman–Crippen MR) is 106 cm³/mol. The van der Waals surface area contributed by atoms with Crippen LogP contribution in [0.25, 0.3) is 0 Å². The summed E-state index contributed by atoms with van der Waals surface area (Å²) < 4.78 is 10.2. The molecule has 136 valence electrons. The predicted octanol–water partition coefficient (Wildman–Crippen LogP) is 4.27. The molecule has 4 nitrogen and oxygen atoms in total. The van der Waals surface area contributed by atoms with Gasteiger partial charge < -0.3 is 18.8 Å². The average Bonchev–Trinajstić information content (AvgIpc) is 2.06. The van der Waals surface area contributed by atoms with Crippen molar-refractivity contribution < 1.29 is 38.3 Å². The normalized spacial score (nSPS) is 16.6. The van der Waals surface area contributed by atoms with Crippen molar-refractivity contribution in [2.75, 3.05) is 0 Å². The molecule has 0 spiro atoms. The van der Waals surface area contributed by atoms with Crippen LogP contribution in [0.5, 0.6) is 0 Å². The summed E-state index contributed by atoms with van der Waals surface area (Å²) in [4.78, 5) is 22.8. The summed E-state index contributed by atoms with van der Waals surface area (Å²) in [5, 5.41) is 0.522. The van der Waals surface area contributed by atoms with E-state index in [1.54, 1.807) is 0 Å². The molecule has 0 aliphatic rings. The van der Waals surface area contributed by atoms with E-state index in [2.05, 4.69) is 0 Å². The largest absolute Gasteiger partial charge is 2.00 e. The molecule has 11 heteroatoms. The fraction of sp³-hybridized carbons (Fsp3) is 1.00. The van der Waals surface area contributed by atoms with Crippen molar-refractivity contribution in [1.82, 2.24) is 0 Å². The first-order valence-electron chi connectivity index (χ1n) is 7.02. The Balaban J connectivity index is -0.000000333. The van der Waals surface area contributed by atoms with Gasteiger partial charge in [0.25, 0.3) is 0 Å². The van der Waals surface area contributed by atoms with Crippen LogP contribution in [0.1, 0.15) is 55.4 Å². The maximum atomic E-state index is 11.4. The van der Waals surface area contributed by atoms with Crippen LogP contribution in [-0.4, -0.2) is 22.7 Å².